The van der Waals surface area contributed by atoms with Crippen LogP contribution in [0.3, 0.4) is 0 Å². The normalized spacial score (nSPS) is 18.2. The van der Waals surface area contributed by atoms with Crippen molar-refractivity contribution in [3.63, 3.8) is 0 Å². The van der Waals surface area contributed by atoms with Crippen LogP contribution in [0, 0.1) is 0 Å². The van der Waals surface area contributed by atoms with E-state index in [9.17, 15) is 13.2 Å². The number of hydrogen-bond acceptors (Lipinski definition) is 4. The van der Waals surface area contributed by atoms with E-state index in [0.29, 0.717) is 11.3 Å². The molecule has 29 heavy (non-hydrogen) atoms. The van der Waals surface area contributed by atoms with Crippen molar-refractivity contribution in [1.29, 1.82) is 0 Å². The van der Waals surface area contributed by atoms with Gasteiger partial charge in [0.05, 0.1) is 11.7 Å². The summed E-state index contributed by atoms with van der Waals surface area (Å²) < 4.78 is 27.6. The van der Waals surface area contributed by atoms with E-state index in [2.05, 4.69) is 15.4 Å². The summed E-state index contributed by atoms with van der Waals surface area (Å²) in [5, 5.41) is 6.15. The van der Waals surface area contributed by atoms with E-state index in [0.717, 1.165) is 11.1 Å². The Labute approximate surface area is 170 Å². The van der Waals surface area contributed by atoms with Crippen molar-refractivity contribution < 1.29 is 13.2 Å². The number of anilines is 1. The molecule has 0 spiro atoms. The van der Waals surface area contributed by atoms with Gasteiger partial charge in [0.25, 0.3) is 5.91 Å². The zero-order valence-electron chi connectivity index (χ0n) is 15.8. The van der Waals surface area contributed by atoms with Crippen LogP contribution in [0.5, 0.6) is 0 Å². The van der Waals surface area contributed by atoms with Crippen LogP contribution in [0.2, 0.25) is 0 Å². The lowest BCUT2D eigenvalue weighted by Gasteiger charge is -2.28. The molecule has 3 aromatic rings. The smallest absolute Gasteiger partial charge is 0.251 e. The number of fused-ring (bicyclic) bond motifs is 1. The first-order valence-corrected chi connectivity index (χ1v) is 10.8. The Morgan fingerprint density at radius 3 is 2.31 bits per heavy atom. The minimum atomic E-state index is -3.60. The van der Waals surface area contributed by atoms with Gasteiger partial charge in [-0.3, -0.25) is 4.79 Å². The fraction of sp³-hybridized carbons (Fsp3) is 0.136. The summed E-state index contributed by atoms with van der Waals surface area (Å²) in [6, 6.07) is 23.2. The number of hydrogen-bond donors (Lipinski definition) is 3. The Balaban J connectivity index is 1.49. The number of nitrogens with one attached hydrogen (secondary N) is 3. The quantitative estimate of drug-likeness (QED) is 0.617. The standard InChI is InChI=1S/C22H21N3O3S/c1-15(16-7-3-2-4-8-16)23-22(26)18-13-11-17(12-14-18)21-24-19-9-5-6-10-20(19)29(27,28)25-21/h2-15,21,24-25H,1H3,(H,23,26)/t15-,21+/m1/s1. The third-order valence-corrected chi connectivity index (χ3v) is 6.38. The van der Waals surface area contributed by atoms with Gasteiger partial charge in [0, 0.05) is 5.56 Å². The minimum Gasteiger partial charge on any atom is -0.364 e. The second kappa shape index (κ2) is 7.69. The molecule has 1 amide bonds. The van der Waals surface area contributed by atoms with E-state index >= 15 is 0 Å². The van der Waals surface area contributed by atoms with Crippen LogP contribution in [0.25, 0.3) is 0 Å². The molecule has 0 saturated carbocycles. The van der Waals surface area contributed by atoms with Gasteiger partial charge in [0.2, 0.25) is 10.0 Å². The molecule has 0 fully saturated rings. The summed E-state index contributed by atoms with van der Waals surface area (Å²) in [4.78, 5) is 12.8. The molecule has 2 atom stereocenters. The number of amides is 1. The lowest BCUT2D eigenvalue weighted by molar-refractivity contribution is 0.0940. The summed E-state index contributed by atoms with van der Waals surface area (Å²) in [6.07, 6.45) is -0.602. The number of sulfonamides is 1. The Bertz CT molecular complexity index is 1130. The highest BCUT2D eigenvalue weighted by atomic mass is 32.2. The van der Waals surface area contributed by atoms with Crippen molar-refractivity contribution in [2.45, 2.75) is 24.0 Å². The fourth-order valence-corrected chi connectivity index (χ4v) is 4.61. The fourth-order valence-electron chi connectivity index (χ4n) is 3.31. The van der Waals surface area contributed by atoms with E-state index in [4.69, 9.17) is 0 Å². The van der Waals surface area contributed by atoms with Crippen molar-refractivity contribution in [3.8, 4) is 0 Å². The topological polar surface area (TPSA) is 87.3 Å². The first-order valence-electron chi connectivity index (χ1n) is 9.28. The van der Waals surface area contributed by atoms with Crippen molar-refractivity contribution in [2.75, 3.05) is 5.32 Å². The summed E-state index contributed by atoms with van der Waals surface area (Å²) in [5.74, 6) is -0.185. The predicted octanol–water partition coefficient (Wildman–Crippen LogP) is 3.58. The van der Waals surface area contributed by atoms with Crippen LogP contribution in [0.4, 0.5) is 5.69 Å². The molecule has 4 rings (SSSR count). The first-order chi connectivity index (χ1) is 13.9. The highest BCUT2D eigenvalue weighted by Crippen LogP contribution is 2.30. The van der Waals surface area contributed by atoms with Gasteiger partial charge >= 0.3 is 0 Å². The highest BCUT2D eigenvalue weighted by molar-refractivity contribution is 7.89. The van der Waals surface area contributed by atoms with E-state index in [1.54, 1.807) is 48.5 Å². The zero-order valence-corrected chi connectivity index (χ0v) is 16.6. The molecule has 1 aliphatic rings. The van der Waals surface area contributed by atoms with Gasteiger partial charge in [0.15, 0.2) is 0 Å². The summed E-state index contributed by atoms with van der Waals surface area (Å²) in [7, 11) is -3.60. The monoisotopic (exact) mass is 407 g/mol. The molecular formula is C22H21N3O3S. The molecule has 148 valence electrons. The molecule has 0 aromatic heterocycles. The van der Waals surface area contributed by atoms with E-state index in [-0.39, 0.29) is 16.8 Å². The summed E-state index contributed by atoms with van der Waals surface area (Å²) >= 11 is 0. The summed E-state index contributed by atoms with van der Waals surface area (Å²) in [5.41, 5.74) is 2.80. The second-order valence-electron chi connectivity index (χ2n) is 6.92. The Hall–Kier alpha value is -3.16. The van der Waals surface area contributed by atoms with E-state index < -0.39 is 16.2 Å². The maximum absolute atomic E-state index is 12.5. The van der Waals surface area contributed by atoms with Gasteiger partial charge in [0.1, 0.15) is 11.1 Å². The third-order valence-electron chi connectivity index (χ3n) is 4.90. The largest absolute Gasteiger partial charge is 0.364 e. The second-order valence-corrected chi connectivity index (χ2v) is 8.61. The SMILES string of the molecule is C[C@@H](NC(=O)c1ccc([C@H]2Nc3ccccc3S(=O)(=O)N2)cc1)c1ccccc1. The maximum atomic E-state index is 12.5. The first kappa shape index (κ1) is 19.2. The van der Waals surface area contributed by atoms with Gasteiger partial charge in [-0.15, -0.1) is 0 Å². The van der Waals surface area contributed by atoms with Gasteiger partial charge in [-0.25, -0.2) is 8.42 Å². The van der Waals surface area contributed by atoms with Crippen LogP contribution in [0.15, 0.2) is 83.8 Å². The van der Waals surface area contributed by atoms with Crippen LogP contribution in [-0.2, 0) is 10.0 Å². The minimum absolute atomic E-state index is 0.119. The Morgan fingerprint density at radius 2 is 1.59 bits per heavy atom. The molecule has 1 aliphatic heterocycles. The number of benzene rings is 3. The van der Waals surface area contributed by atoms with Gasteiger partial charge in [-0.05, 0) is 42.3 Å². The number of para-hydroxylation sites is 1. The average Bonchev–Trinajstić information content (AvgIpc) is 2.74. The van der Waals surface area contributed by atoms with E-state index in [1.165, 1.54) is 0 Å². The molecule has 0 aliphatic carbocycles. The van der Waals surface area contributed by atoms with Gasteiger partial charge in [-0.1, -0.05) is 54.6 Å². The number of carbonyl (C=O) groups is 1. The van der Waals surface area contributed by atoms with Crippen LogP contribution < -0.4 is 15.4 Å². The molecule has 6 nitrogen and oxygen atoms in total. The molecule has 0 bridgehead atoms. The molecule has 1 heterocycles. The maximum Gasteiger partial charge on any atom is 0.251 e. The Kier molecular flexibility index (Phi) is 5.08. The van der Waals surface area contributed by atoms with Gasteiger partial charge in [-0.2, -0.15) is 4.72 Å². The molecule has 0 radical (unpaired) electrons. The Morgan fingerprint density at radius 1 is 0.931 bits per heavy atom. The van der Waals surface area contributed by atoms with Crippen LogP contribution >= 0.6 is 0 Å². The average molecular weight is 407 g/mol. The van der Waals surface area contributed by atoms with Crippen molar-refractivity contribution in [3.05, 3.63) is 95.6 Å². The molecule has 3 aromatic carbocycles. The van der Waals surface area contributed by atoms with E-state index in [1.807, 2.05) is 37.3 Å². The molecule has 0 saturated heterocycles. The third kappa shape index (κ3) is 4.01. The molecule has 3 N–H and O–H groups in total. The molecular weight excluding hydrogens is 386 g/mol. The molecule has 7 heteroatoms. The number of carbonyl (C=O) groups excluding carboxylic acids is 1. The zero-order chi connectivity index (χ0) is 20.4. The van der Waals surface area contributed by atoms with Crippen molar-refractivity contribution in [2.24, 2.45) is 0 Å². The van der Waals surface area contributed by atoms with Gasteiger partial charge < -0.3 is 10.6 Å². The molecule has 0 unspecified atom stereocenters. The lowest BCUT2D eigenvalue weighted by atomic mass is 10.1. The lowest BCUT2D eigenvalue weighted by Crippen LogP contribution is -2.38. The van der Waals surface area contributed by atoms with Crippen molar-refractivity contribution in [1.82, 2.24) is 10.0 Å². The van der Waals surface area contributed by atoms with Crippen LogP contribution in [0.1, 0.15) is 40.6 Å². The van der Waals surface area contributed by atoms with Crippen LogP contribution in [-0.4, -0.2) is 14.3 Å². The van der Waals surface area contributed by atoms with Crippen molar-refractivity contribution >= 4 is 21.6 Å². The number of rotatable bonds is 4. The highest BCUT2D eigenvalue weighted by Gasteiger charge is 2.29. The summed E-state index contributed by atoms with van der Waals surface area (Å²) in [6.45, 7) is 1.93. The predicted molar refractivity (Wildman–Crippen MR) is 112 cm³/mol.